The number of halogens is 1. The van der Waals surface area contributed by atoms with Gasteiger partial charge in [-0.05, 0) is 38.1 Å². The van der Waals surface area contributed by atoms with Crippen LogP contribution < -0.4 is 10.6 Å². The van der Waals surface area contributed by atoms with Gasteiger partial charge < -0.3 is 15.4 Å². The van der Waals surface area contributed by atoms with Gasteiger partial charge in [0.2, 0.25) is 5.91 Å². The standard InChI is InChI=1S/C14H17BrN2O4/c1-3-21-14(20)9(2)17-12(18)8-16-13(19)10-4-6-11(15)7-5-10/h4-7,9H,3,8H2,1-2H3,(H,16,19)(H,17,18). The van der Waals surface area contributed by atoms with Crippen molar-refractivity contribution in [3.8, 4) is 0 Å². The van der Waals surface area contributed by atoms with Crippen molar-refractivity contribution in [2.45, 2.75) is 19.9 Å². The molecule has 0 bridgehead atoms. The molecule has 0 fully saturated rings. The smallest absolute Gasteiger partial charge is 0.328 e. The molecule has 0 aliphatic carbocycles. The van der Waals surface area contributed by atoms with Crippen molar-refractivity contribution >= 4 is 33.7 Å². The highest BCUT2D eigenvalue weighted by Crippen LogP contribution is 2.10. The number of carbonyl (C=O) groups is 3. The molecule has 0 aliphatic heterocycles. The third-order valence-electron chi connectivity index (χ3n) is 2.53. The number of carbonyl (C=O) groups excluding carboxylic acids is 3. The third kappa shape index (κ3) is 5.95. The van der Waals surface area contributed by atoms with Gasteiger partial charge in [0.05, 0.1) is 13.2 Å². The zero-order valence-corrected chi connectivity index (χ0v) is 13.4. The molecule has 7 heteroatoms. The summed E-state index contributed by atoms with van der Waals surface area (Å²) in [5.41, 5.74) is 0.449. The van der Waals surface area contributed by atoms with E-state index in [0.29, 0.717) is 5.56 Å². The molecule has 6 nitrogen and oxygen atoms in total. The molecule has 1 rings (SSSR count). The summed E-state index contributed by atoms with van der Waals surface area (Å²) < 4.78 is 5.63. The van der Waals surface area contributed by atoms with Crippen LogP contribution in [0.15, 0.2) is 28.7 Å². The molecule has 1 atom stereocenters. The van der Waals surface area contributed by atoms with Crippen molar-refractivity contribution in [3.63, 3.8) is 0 Å². The first-order valence-corrected chi connectivity index (χ1v) is 7.23. The summed E-state index contributed by atoms with van der Waals surface area (Å²) in [6.07, 6.45) is 0. The number of nitrogens with one attached hydrogen (secondary N) is 2. The Morgan fingerprint density at radius 2 is 1.86 bits per heavy atom. The monoisotopic (exact) mass is 356 g/mol. The highest BCUT2D eigenvalue weighted by atomic mass is 79.9. The fourth-order valence-electron chi connectivity index (χ4n) is 1.48. The van der Waals surface area contributed by atoms with Crippen molar-refractivity contribution in [2.75, 3.05) is 13.2 Å². The summed E-state index contributed by atoms with van der Waals surface area (Å²) in [5.74, 6) is -1.33. The summed E-state index contributed by atoms with van der Waals surface area (Å²) in [4.78, 5) is 34.7. The van der Waals surface area contributed by atoms with Gasteiger partial charge in [-0.1, -0.05) is 15.9 Å². The molecule has 0 aromatic heterocycles. The first-order chi connectivity index (χ1) is 9.93. The van der Waals surface area contributed by atoms with E-state index in [1.54, 1.807) is 31.2 Å². The molecule has 1 unspecified atom stereocenters. The fourth-order valence-corrected chi connectivity index (χ4v) is 1.75. The fraction of sp³-hybridized carbons (Fsp3) is 0.357. The van der Waals surface area contributed by atoms with Crippen LogP contribution in [0.2, 0.25) is 0 Å². The van der Waals surface area contributed by atoms with Gasteiger partial charge in [-0.2, -0.15) is 0 Å². The normalized spacial score (nSPS) is 11.4. The maximum Gasteiger partial charge on any atom is 0.328 e. The minimum Gasteiger partial charge on any atom is -0.464 e. The van der Waals surface area contributed by atoms with Gasteiger partial charge >= 0.3 is 5.97 Å². The molecule has 2 N–H and O–H groups in total. The highest BCUT2D eigenvalue weighted by molar-refractivity contribution is 9.10. The van der Waals surface area contributed by atoms with Gasteiger partial charge in [0.15, 0.2) is 0 Å². The van der Waals surface area contributed by atoms with Crippen LogP contribution in [-0.2, 0) is 14.3 Å². The maximum atomic E-state index is 11.8. The van der Waals surface area contributed by atoms with E-state index in [4.69, 9.17) is 4.74 Å². The van der Waals surface area contributed by atoms with Crippen LogP contribution in [0.4, 0.5) is 0 Å². The molecule has 0 heterocycles. The summed E-state index contributed by atoms with van der Waals surface area (Å²) >= 11 is 3.27. The lowest BCUT2D eigenvalue weighted by molar-refractivity contribution is -0.146. The topological polar surface area (TPSA) is 84.5 Å². The van der Waals surface area contributed by atoms with Gasteiger partial charge in [-0.25, -0.2) is 4.79 Å². The lowest BCUT2D eigenvalue weighted by atomic mass is 10.2. The quantitative estimate of drug-likeness (QED) is 0.751. The van der Waals surface area contributed by atoms with E-state index >= 15 is 0 Å². The molecule has 1 aromatic carbocycles. The van der Waals surface area contributed by atoms with E-state index in [9.17, 15) is 14.4 Å². The van der Waals surface area contributed by atoms with Crippen LogP contribution in [0.3, 0.4) is 0 Å². The number of hydrogen-bond donors (Lipinski definition) is 2. The highest BCUT2D eigenvalue weighted by Gasteiger charge is 2.16. The number of hydrogen-bond acceptors (Lipinski definition) is 4. The van der Waals surface area contributed by atoms with E-state index in [1.165, 1.54) is 6.92 Å². The third-order valence-corrected chi connectivity index (χ3v) is 3.06. The number of benzene rings is 1. The predicted molar refractivity (Wildman–Crippen MR) is 80.7 cm³/mol. The molecule has 2 amide bonds. The van der Waals surface area contributed by atoms with Crippen LogP contribution in [0, 0.1) is 0 Å². The van der Waals surface area contributed by atoms with Gasteiger partial charge in [0, 0.05) is 10.0 Å². The van der Waals surface area contributed by atoms with Crippen LogP contribution >= 0.6 is 15.9 Å². The summed E-state index contributed by atoms with van der Waals surface area (Å²) in [6.45, 7) is 3.25. The Hall–Kier alpha value is -1.89. The van der Waals surface area contributed by atoms with E-state index in [0.717, 1.165) is 4.47 Å². The minimum atomic E-state index is -0.748. The Kier molecular flexibility index (Phi) is 6.87. The van der Waals surface area contributed by atoms with E-state index in [-0.39, 0.29) is 19.1 Å². The molecule has 0 saturated carbocycles. The number of esters is 1. The number of amides is 2. The summed E-state index contributed by atoms with van der Waals surface area (Å²) in [6, 6.07) is 5.99. The second-order valence-corrected chi connectivity index (χ2v) is 5.15. The Morgan fingerprint density at radius 1 is 1.24 bits per heavy atom. The predicted octanol–water partition coefficient (Wildman–Crippen LogP) is 1.25. The second-order valence-electron chi connectivity index (χ2n) is 4.23. The first kappa shape index (κ1) is 17.2. The first-order valence-electron chi connectivity index (χ1n) is 6.43. The molecular formula is C14H17BrN2O4. The maximum absolute atomic E-state index is 11.8. The van der Waals surface area contributed by atoms with Crippen LogP contribution in [0.5, 0.6) is 0 Å². The van der Waals surface area contributed by atoms with Crippen molar-refractivity contribution in [1.82, 2.24) is 10.6 Å². The molecule has 0 radical (unpaired) electrons. The SMILES string of the molecule is CCOC(=O)C(C)NC(=O)CNC(=O)c1ccc(Br)cc1. The molecule has 0 spiro atoms. The molecule has 21 heavy (non-hydrogen) atoms. The molecule has 0 saturated heterocycles. The van der Waals surface area contributed by atoms with Crippen molar-refractivity contribution in [2.24, 2.45) is 0 Å². The van der Waals surface area contributed by atoms with Crippen molar-refractivity contribution < 1.29 is 19.1 Å². The van der Waals surface area contributed by atoms with Gasteiger partial charge in [0.1, 0.15) is 6.04 Å². The zero-order valence-electron chi connectivity index (χ0n) is 11.8. The average molecular weight is 357 g/mol. The van der Waals surface area contributed by atoms with Crippen LogP contribution in [0.1, 0.15) is 24.2 Å². The zero-order chi connectivity index (χ0) is 15.8. The Balaban J connectivity index is 2.40. The largest absolute Gasteiger partial charge is 0.464 e. The van der Waals surface area contributed by atoms with Crippen LogP contribution in [0.25, 0.3) is 0 Å². The van der Waals surface area contributed by atoms with Gasteiger partial charge in [-0.3, -0.25) is 9.59 Å². The summed E-state index contributed by atoms with van der Waals surface area (Å²) in [5, 5.41) is 4.92. The minimum absolute atomic E-state index is 0.210. The van der Waals surface area contributed by atoms with E-state index in [2.05, 4.69) is 26.6 Å². The van der Waals surface area contributed by atoms with E-state index < -0.39 is 17.9 Å². The van der Waals surface area contributed by atoms with Crippen molar-refractivity contribution in [3.05, 3.63) is 34.3 Å². The molecule has 114 valence electrons. The van der Waals surface area contributed by atoms with Gasteiger partial charge in [-0.15, -0.1) is 0 Å². The Morgan fingerprint density at radius 3 is 2.43 bits per heavy atom. The summed E-state index contributed by atoms with van der Waals surface area (Å²) in [7, 11) is 0. The molecule has 0 aliphatic rings. The van der Waals surface area contributed by atoms with Crippen molar-refractivity contribution in [1.29, 1.82) is 0 Å². The van der Waals surface area contributed by atoms with Gasteiger partial charge in [0.25, 0.3) is 5.91 Å². The lowest BCUT2D eigenvalue weighted by Crippen LogP contribution is -2.44. The Labute approximate surface area is 131 Å². The number of rotatable bonds is 6. The second kappa shape index (κ2) is 8.41. The van der Waals surface area contributed by atoms with E-state index in [1.807, 2.05) is 0 Å². The number of ether oxygens (including phenoxy) is 1. The van der Waals surface area contributed by atoms with Crippen LogP contribution in [-0.4, -0.2) is 37.0 Å². The molecule has 1 aromatic rings. The Bertz CT molecular complexity index is 516. The molecular weight excluding hydrogens is 340 g/mol. The lowest BCUT2D eigenvalue weighted by Gasteiger charge is -2.13. The average Bonchev–Trinajstić information content (AvgIpc) is 2.45.